The summed E-state index contributed by atoms with van der Waals surface area (Å²) in [6.07, 6.45) is 1.39. The lowest BCUT2D eigenvalue weighted by atomic mass is 10.4. The van der Waals surface area contributed by atoms with Gasteiger partial charge in [0.1, 0.15) is 5.52 Å². The number of fused-ring (bicyclic) bond motifs is 1. The molecule has 0 unspecified atom stereocenters. The largest absolute Gasteiger partial charge is 0.385 e. The molecule has 0 aromatic carbocycles. The number of H-pyrrole nitrogens is 1. The van der Waals surface area contributed by atoms with E-state index < -0.39 is 0 Å². The molecule has 0 radical (unpaired) electrons. The predicted octanol–water partition coefficient (Wildman–Crippen LogP) is 2.06. The van der Waals surface area contributed by atoms with Crippen molar-refractivity contribution in [1.29, 1.82) is 0 Å². The second-order valence-corrected chi connectivity index (χ2v) is 6.45. The number of nitrogens with zero attached hydrogens (tertiary/aromatic N) is 3. The van der Waals surface area contributed by atoms with E-state index in [4.69, 9.17) is 4.74 Å². The Kier molecular flexibility index (Phi) is 4.96. The van der Waals surface area contributed by atoms with E-state index in [0.29, 0.717) is 49.5 Å². The van der Waals surface area contributed by atoms with Crippen LogP contribution in [0.1, 0.15) is 19.8 Å². The molecule has 24 heavy (non-hydrogen) atoms. The molecule has 0 spiro atoms. The zero-order valence-corrected chi connectivity index (χ0v) is 14.6. The van der Waals surface area contributed by atoms with E-state index in [1.54, 1.807) is 11.7 Å². The van der Waals surface area contributed by atoms with Gasteiger partial charge >= 0.3 is 5.69 Å². The summed E-state index contributed by atoms with van der Waals surface area (Å²) in [4.78, 5) is 33.9. The first-order chi connectivity index (χ1) is 11.7. The third kappa shape index (κ3) is 2.94. The van der Waals surface area contributed by atoms with Crippen molar-refractivity contribution in [3.63, 3.8) is 0 Å². The van der Waals surface area contributed by atoms with E-state index in [-0.39, 0.29) is 11.2 Å². The van der Waals surface area contributed by atoms with Gasteiger partial charge in [0.05, 0.1) is 4.88 Å². The first-order valence-electron chi connectivity index (χ1n) is 7.93. The summed E-state index contributed by atoms with van der Waals surface area (Å²) in [5.41, 5.74) is 0.172. The smallest absolute Gasteiger partial charge is 0.332 e. The minimum absolute atomic E-state index is 0.310. The maximum absolute atomic E-state index is 12.7. The highest BCUT2D eigenvalue weighted by molar-refractivity contribution is 7.13. The average molecular weight is 348 g/mol. The van der Waals surface area contributed by atoms with E-state index in [2.05, 4.69) is 9.97 Å². The van der Waals surface area contributed by atoms with E-state index >= 15 is 0 Å². The number of imidazole rings is 1. The fraction of sp³-hybridized carbons (Fsp3) is 0.438. The molecule has 128 valence electrons. The number of thiophene rings is 1. The molecule has 3 rings (SSSR count). The Hall–Kier alpha value is -2.19. The molecule has 0 saturated carbocycles. The molecule has 0 aliphatic heterocycles. The summed E-state index contributed by atoms with van der Waals surface area (Å²) in [5, 5.41) is 1.95. The molecule has 0 fully saturated rings. The van der Waals surface area contributed by atoms with E-state index in [1.807, 2.05) is 24.4 Å². The lowest BCUT2D eigenvalue weighted by Crippen LogP contribution is -2.40. The van der Waals surface area contributed by atoms with Crippen LogP contribution in [-0.2, 0) is 17.8 Å². The van der Waals surface area contributed by atoms with Gasteiger partial charge in [0, 0.05) is 26.8 Å². The zero-order valence-electron chi connectivity index (χ0n) is 13.7. The van der Waals surface area contributed by atoms with Crippen LogP contribution >= 0.6 is 11.3 Å². The summed E-state index contributed by atoms with van der Waals surface area (Å²) in [6, 6.07) is 3.86. The first-order valence-corrected chi connectivity index (χ1v) is 8.81. The molecule has 7 nitrogen and oxygen atoms in total. The van der Waals surface area contributed by atoms with Crippen LogP contribution in [0.25, 0.3) is 21.9 Å². The third-order valence-corrected chi connectivity index (χ3v) is 4.67. The lowest BCUT2D eigenvalue weighted by Gasteiger charge is -2.10. The SMILES string of the molecule is CCCn1c(=O)c2[nH]c(-c3cccs3)nc2n(CCCOC)c1=O. The third-order valence-electron chi connectivity index (χ3n) is 3.79. The highest BCUT2D eigenvalue weighted by atomic mass is 32.1. The predicted molar refractivity (Wildman–Crippen MR) is 94.7 cm³/mol. The number of methoxy groups -OCH3 is 1. The number of rotatable bonds is 7. The molecule has 8 heteroatoms. The average Bonchev–Trinajstić information content (AvgIpc) is 3.23. The van der Waals surface area contributed by atoms with Crippen LogP contribution in [0.5, 0.6) is 0 Å². The maximum Gasteiger partial charge on any atom is 0.332 e. The molecule has 0 amide bonds. The number of ether oxygens (including phenoxy) is 1. The lowest BCUT2D eigenvalue weighted by molar-refractivity contribution is 0.190. The molecule has 3 aromatic rings. The van der Waals surface area contributed by atoms with Gasteiger partial charge in [-0.25, -0.2) is 9.78 Å². The van der Waals surface area contributed by atoms with E-state index in [9.17, 15) is 9.59 Å². The van der Waals surface area contributed by atoms with Gasteiger partial charge in [-0.05, 0) is 24.3 Å². The standard InChI is InChI=1S/C16H20N4O3S/c1-3-7-20-15(21)12-14(19(16(20)22)8-5-9-23-2)18-13(17-12)11-6-4-10-24-11/h4,6,10H,3,5,7-9H2,1-2H3,(H,17,18). The Labute approximate surface area is 142 Å². The monoisotopic (exact) mass is 348 g/mol. The van der Waals surface area contributed by atoms with Gasteiger partial charge in [0.15, 0.2) is 11.5 Å². The minimum Gasteiger partial charge on any atom is -0.385 e. The molecule has 0 atom stereocenters. The van der Waals surface area contributed by atoms with Gasteiger partial charge in [-0.2, -0.15) is 0 Å². The summed E-state index contributed by atoms with van der Waals surface area (Å²) >= 11 is 1.53. The molecule has 3 heterocycles. The highest BCUT2D eigenvalue weighted by Gasteiger charge is 2.17. The normalized spacial score (nSPS) is 11.4. The maximum atomic E-state index is 12.7. The van der Waals surface area contributed by atoms with Gasteiger partial charge in [0.2, 0.25) is 0 Å². The van der Waals surface area contributed by atoms with Crippen LogP contribution in [0.2, 0.25) is 0 Å². The number of nitrogens with one attached hydrogen (secondary N) is 1. The van der Waals surface area contributed by atoms with Crippen molar-refractivity contribution < 1.29 is 4.74 Å². The van der Waals surface area contributed by atoms with Crippen LogP contribution in [0.15, 0.2) is 27.1 Å². The van der Waals surface area contributed by atoms with Crippen molar-refractivity contribution in [3.8, 4) is 10.7 Å². The molecule has 3 aromatic heterocycles. The second kappa shape index (κ2) is 7.14. The number of hydrogen-bond donors (Lipinski definition) is 1. The van der Waals surface area contributed by atoms with Crippen molar-refractivity contribution in [2.45, 2.75) is 32.9 Å². The van der Waals surface area contributed by atoms with Crippen LogP contribution in [0, 0.1) is 0 Å². The molecule has 0 bridgehead atoms. The molecule has 0 saturated heterocycles. The van der Waals surface area contributed by atoms with Gasteiger partial charge in [-0.15, -0.1) is 11.3 Å². The van der Waals surface area contributed by atoms with Gasteiger partial charge in [0.25, 0.3) is 5.56 Å². The number of aromatic amines is 1. The molecule has 1 N–H and O–H groups in total. The van der Waals surface area contributed by atoms with Crippen molar-refractivity contribution in [2.75, 3.05) is 13.7 Å². The second-order valence-electron chi connectivity index (χ2n) is 5.50. The first kappa shape index (κ1) is 16.7. The van der Waals surface area contributed by atoms with E-state index in [1.165, 1.54) is 15.9 Å². The Morgan fingerprint density at radius 3 is 2.79 bits per heavy atom. The van der Waals surface area contributed by atoms with Gasteiger partial charge in [-0.3, -0.25) is 13.9 Å². The fourth-order valence-corrected chi connectivity index (χ4v) is 3.36. The quantitative estimate of drug-likeness (QED) is 0.663. The Bertz CT molecular complexity index is 937. The molecule has 0 aliphatic carbocycles. The van der Waals surface area contributed by atoms with Crippen LogP contribution in [-0.4, -0.2) is 32.8 Å². The molecular formula is C16H20N4O3S. The van der Waals surface area contributed by atoms with Crippen molar-refractivity contribution in [3.05, 3.63) is 38.4 Å². The molecule has 0 aliphatic rings. The van der Waals surface area contributed by atoms with Crippen LogP contribution in [0.4, 0.5) is 0 Å². The number of aromatic nitrogens is 4. The number of aryl methyl sites for hydroxylation is 1. The number of hydrogen-bond acceptors (Lipinski definition) is 5. The van der Waals surface area contributed by atoms with Crippen molar-refractivity contribution >= 4 is 22.5 Å². The Morgan fingerprint density at radius 2 is 2.12 bits per heavy atom. The minimum atomic E-state index is -0.310. The summed E-state index contributed by atoms with van der Waals surface area (Å²) in [5.74, 6) is 0.617. The zero-order chi connectivity index (χ0) is 17.1. The van der Waals surface area contributed by atoms with Crippen molar-refractivity contribution in [1.82, 2.24) is 19.1 Å². The molecular weight excluding hydrogens is 328 g/mol. The van der Waals surface area contributed by atoms with Crippen LogP contribution < -0.4 is 11.2 Å². The summed E-state index contributed by atoms with van der Waals surface area (Å²) < 4.78 is 7.92. The fourth-order valence-electron chi connectivity index (χ4n) is 2.69. The summed E-state index contributed by atoms with van der Waals surface area (Å²) in [7, 11) is 1.62. The van der Waals surface area contributed by atoms with E-state index in [0.717, 1.165) is 4.88 Å². The van der Waals surface area contributed by atoms with Crippen molar-refractivity contribution in [2.24, 2.45) is 0 Å². The summed E-state index contributed by atoms with van der Waals surface area (Å²) in [6.45, 7) is 3.34. The Morgan fingerprint density at radius 1 is 1.29 bits per heavy atom. The topological polar surface area (TPSA) is 81.9 Å². The highest BCUT2D eigenvalue weighted by Crippen LogP contribution is 2.23. The van der Waals surface area contributed by atoms with Crippen LogP contribution in [0.3, 0.4) is 0 Å². The van der Waals surface area contributed by atoms with Gasteiger partial charge < -0.3 is 9.72 Å². The van der Waals surface area contributed by atoms with Gasteiger partial charge in [-0.1, -0.05) is 13.0 Å². The Balaban J connectivity index is 2.21.